The van der Waals surface area contributed by atoms with Crippen molar-refractivity contribution in [3.63, 3.8) is 0 Å². The number of carbonyl (C=O) groups is 2. The largest absolute Gasteiger partial charge is 0.481 e. The van der Waals surface area contributed by atoms with E-state index in [2.05, 4.69) is 0 Å². The number of aliphatic carboxylic acids is 2. The fourth-order valence-corrected chi connectivity index (χ4v) is 0.486. The Balaban J connectivity index is 4.12. The summed E-state index contributed by atoms with van der Waals surface area (Å²) in [6.45, 7) is 0. The number of carboxylic acid groups (broad SMARTS) is 2. The summed E-state index contributed by atoms with van der Waals surface area (Å²) >= 11 is 0. The Morgan fingerprint density at radius 2 is 1.82 bits per heavy atom. The van der Waals surface area contributed by atoms with Gasteiger partial charge in [-0.2, -0.15) is 5.12 Å². The lowest BCUT2D eigenvalue weighted by molar-refractivity contribution is -0.150. The van der Waals surface area contributed by atoms with Crippen LogP contribution in [-0.4, -0.2) is 33.3 Å². The van der Waals surface area contributed by atoms with Crippen molar-refractivity contribution in [3.05, 3.63) is 0 Å². The van der Waals surface area contributed by atoms with Crippen LogP contribution in [-0.2, 0) is 9.59 Å². The second-order valence-electron chi connectivity index (χ2n) is 1.90. The molecule has 0 amide bonds. The van der Waals surface area contributed by atoms with Crippen molar-refractivity contribution in [3.8, 4) is 0 Å². The molecule has 7 nitrogen and oxygen atoms in total. The van der Waals surface area contributed by atoms with Gasteiger partial charge in [-0.1, -0.05) is 0 Å². The van der Waals surface area contributed by atoms with Gasteiger partial charge < -0.3 is 10.2 Å². The maximum Gasteiger partial charge on any atom is 0.324 e. The van der Waals surface area contributed by atoms with Gasteiger partial charge in [0.15, 0.2) is 0 Å². The summed E-state index contributed by atoms with van der Waals surface area (Å²) in [6, 6.07) is -1.38. The first-order chi connectivity index (χ1) is 4.95. The number of hydrogen-bond acceptors (Lipinski definition) is 5. The smallest absolute Gasteiger partial charge is 0.324 e. The van der Waals surface area contributed by atoms with Crippen molar-refractivity contribution in [2.75, 3.05) is 0 Å². The van der Waals surface area contributed by atoms with Gasteiger partial charge in [0, 0.05) is 0 Å². The van der Waals surface area contributed by atoms with Crippen molar-refractivity contribution in [2.45, 2.75) is 12.5 Å². The first kappa shape index (κ1) is 9.82. The minimum absolute atomic E-state index is 0.358. The first-order valence-electron chi connectivity index (χ1n) is 2.68. The molecule has 0 aliphatic heterocycles. The number of nitrogens with two attached hydrogens (primary N) is 2. The van der Waals surface area contributed by atoms with Crippen LogP contribution in [0.5, 0.6) is 0 Å². The van der Waals surface area contributed by atoms with Crippen LogP contribution in [0.2, 0.25) is 0 Å². The molecule has 6 N–H and O–H groups in total. The van der Waals surface area contributed by atoms with E-state index in [-0.39, 0.29) is 0 Å². The van der Waals surface area contributed by atoms with E-state index in [1.807, 2.05) is 0 Å². The molecule has 7 heteroatoms. The summed E-state index contributed by atoms with van der Waals surface area (Å²) in [5, 5.41) is 16.9. The predicted molar refractivity (Wildman–Crippen MR) is 33.9 cm³/mol. The van der Waals surface area contributed by atoms with Gasteiger partial charge in [0.1, 0.15) is 6.04 Å². The quantitative estimate of drug-likeness (QED) is 0.277. The van der Waals surface area contributed by atoms with Crippen LogP contribution in [0.3, 0.4) is 0 Å². The van der Waals surface area contributed by atoms with E-state index in [0.29, 0.717) is 5.12 Å². The minimum atomic E-state index is -1.38. The summed E-state index contributed by atoms with van der Waals surface area (Å²) < 4.78 is 0. The second-order valence-corrected chi connectivity index (χ2v) is 1.90. The molecule has 0 unspecified atom stereocenters. The van der Waals surface area contributed by atoms with Gasteiger partial charge >= 0.3 is 11.9 Å². The lowest BCUT2D eigenvalue weighted by atomic mass is 10.2. The standard InChI is InChI=1S/C4H9N3O4/c5-7(6)2(4(10)11)1-3(8)9/h2H,1,5-6H2,(H,8,9)(H,10,11)/t2-/m0/s1. The Labute approximate surface area is 62.1 Å². The van der Waals surface area contributed by atoms with Gasteiger partial charge in [0.25, 0.3) is 0 Å². The molecule has 0 aromatic heterocycles. The van der Waals surface area contributed by atoms with Gasteiger partial charge in [-0.25, -0.2) is 0 Å². The van der Waals surface area contributed by atoms with E-state index in [4.69, 9.17) is 21.9 Å². The third-order valence-electron chi connectivity index (χ3n) is 1.01. The van der Waals surface area contributed by atoms with E-state index in [0.717, 1.165) is 0 Å². The lowest BCUT2D eigenvalue weighted by Crippen LogP contribution is -2.51. The molecule has 0 radical (unpaired) electrons. The van der Waals surface area contributed by atoms with Gasteiger partial charge in [-0.3, -0.25) is 21.3 Å². The van der Waals surface area contributed by atoms with E-state index in [1.165, 1.54) is 0 Å². The zero-order valence-electron chi connectivity index (χ0n) is 5.60. The lowest BCUT2D eigenvalue weighted by Gasteiger charge is -2.16. The van der Waals surface area contributed by atoms with Gasteiger partial charge in [0.2, 0.25) is 0 Å². The van der Waals surface area contributed by atoms with Crippen molar-refractivity contribution in [1.29, 1.82) is 0 Å². The highest BCUT2D eigenvalue weighted by Crippen LogP contribution is 1.95. The van der Waals surface area contributed by atoms with E-state index >= 15 is 0 Å². The summed E-state index contributed by atoms with van der Waals surface area (Å²) in [7, 11) is 0. The number of rotatable bonds is 4. The maximum absolute atomic E-state index is 10.2. The number of hydrazine groups is 2. The normalized spacial score (nSPS) is 13.0. The topological polar surface area (TPSA) is 130 Å². The Morgan fingerprint density at radius 1 is 1.36 bits per heavy atom. The van der Waals surface area contributed by atoms with Gasteiger partial charge in [-0.05, 0) is 0 Å². The van der Waals surface area contributed by atoms with Gasteiger partial charge in [0.05, 0.1) is 6.42 Å². The first-order valence-corrected chi connectivity index (χ1v) is 2.68. The Hall–Kier alpha value is -1.18. The fourth-order valence-electron chi connectivity index (χ4n) is 0.486. The Bertz CT molecular complexity index is 169. The average Bonchev–Trinajstić information content (AvgIpc) is 1.81. The van der Waals surface area contributed by atoms with Crippen LogP contribution in [0.15, 0.2) is 0 Å². The molecule has 0 fully saturated rings. The molecule has 11 heavy (non-hydrogen) atoms. The highest BCUT2D eigenvalue weighted by Gasteiger charge is 2.23. The predicted octanol–water partition coefficient (Wildman–Crippen LogP) is -2.04. The SMILES string of the molecule is NN(N)[C@@H](CC(=O)O)C(=O)O. The van der Waals surface area contributed by atoms with Crippen LogP contribution in [0, 0.1) is 0 Å². The van der Waals surface area contributed by atoms with E-state index < -0.39 is 24.4 Å². The molecule has 0 spiro atoms. The van der Waals surface area contributed by atoms with Crippen molar-refractivity contribution >= 4 is 11.9 Å². The van der Waals surface area contributed by atoms with Crippen LogP contribution in [0.25, 0.3) is 0 Å². The molecule has 0 aliphatic carbocycles. The Morgan fingerprint density at radius 3 is 1.91 bits per heavy atom. The summed E-state index contributed by atoms with van der Waals surface area (Å²) in [5.74, 6) is 7.08. The minimum Gasteiger partial charge on any atom is -0.481 e. The molecule has 0 bridgehead atoms. The molecule has 0 aromatic carbocycles. The Kier molecular flexibility index (Phi) is 3.45. The zero-order chi connectivity index (χ0) is 9.02. The van der Waals surface area contributed by atoms with Crippen molar-refractivity contribution in [1.82, 2.24) is 5.12 Å². The van der Waals surface area contributed by atoms with Gasteiger partial charge in [-0.15, -0.1) is 0 Å². The molecular formula is C4H9N3O4. The molecule has 64 valence electrons. The van der Waals surface area contributed by atoms with Crippen LogP contribution in [0.4, 0.5) is 0 Å². The zero-order valence-corrected chi connectivity index (χ0v) is 5.60. The molecular weight excluding hydrogens is 154 g/mol. The molecule has 0 aliphatic rings. The van der Waals surface area contributed by atoms with Crippen molar-refractivity contribution in [2.24, 2.45) is 11.7 Å². The number of nitrogens with zero attached hydrogens (tertiary/aromatic N) is 1. The summed E-state index contributed by atoms with van der Waals surface area (Å²) in [5.41, 5.74) is 0. The molecule has 0 aromatic rings. The molecule has 1 atom stereocenters. The highest BCUT2D eigenvalue weighted by atomic mass is 16.4. The van der Waals surface area contributed by atoms with Crippen LogP contribution >= 0.6 is 0 Å². The number of carboxylic acids is 2. The molecule has 0 saturated heterocycles. The molecule has 0 heterocycles. The monoisotopic (exact) mass is 163 g/mol. The molecule has 0 rings (SSSR count). The van der Waals surface area contributed by atoms with E-state index in [1.54, 1.807) is 0 Å². The number of hydrogen-bond donors (Lipinski definition) is 4. The van der Waals surface area contributed by atoms with Crippen molar-refractivity contribution < 1.29 is 19.8 Å². The second kappa shape index (κ2) is 3.86. The highest BCUT2D eigenvalue weighted by molar-refractivity contribution is 5.80. The van der Waals surface area contributed by atoms with E-state index in [9.17, 15) is 9.59 Å². The molecule has 0 saturated carbocycles. The fraction of sp³-hybridized carbons (Fsp3) is 0.500. The third kappa shape index (κ3) is 3.50. The maximum atomic E-state index is 10.2. The van der Waals surface area contributed by atoms with Crippen LogP contribution in [0.1, 0.15) is 6.42 Å². The third-order valence-corrected chi connectivity index (χ3v) is 1.01. The average molecular weight is 163 g/mol. The summed E-state index contributed by atoms with van der Waals surface area (Å²) in [6.07, 6.45) is -0.623. The summed E-state index contributed by atoms with van der Waals surface area (Å²) in [4.78, 5) is 20.2. The van der Waals surface area contributed by atoms with Crippen LogP contribution < -0.4 is 11.7 Å².